The predicted molar refractivity (Wildman–Crippen MR) is 78.5 cm³/mol. The van der Waals surface area contributed by atoms with Crippen LogP contribution in [-0.4, -0.2) is 24.8 Å². The summed E-state index contributed by atoms with van der Waals surface area (Å²) in [4.78, 5) is 3.87. The largest absolute Gasteiger partial charge is 0.398 e. The van der Waals surface area contributed by atoms with E-state index in [1.165, 1.54) is 29.8 Å². The van der Waals surface area contributed by atoms with Crippen LogP contribution in [0.1, 0.15) is 11.1 Å². The van der Waals surface area contributed by atoms with Gasteiger partial charge in [0.15, 0.2) is 0 Å². The zero-order chi connectivity index (χ0) is 14.8. The molecule has 0 aliphatic carbocycles. The summed E-state index contributed by atoms with van der Waals surface area (Å²) in [6, 6.07) is 9.16. The molecule has 2 N–H and O–H groups in total. The number of aryl methyl sites for hydroxylation is 1. The van der Waals surface area contributed by atoms with Crippen molar-refractivity contribution in [2.75, 3.05) is 12.8 Å². The lowest BCUT2D eigenvalue weighted by atomic mass is 10.1. The Balaban J connectivity index is 2.31. The smallest absolute Gasteiger partial charge is 0.246 e. The first-order valence-corrected chi connectivity index (χ1v) is 7.57. The third-order valence-corrected chi connectivity index (χ3v) is 5.01. The average molecular weight is 291 g/mol. The van der Waals surface area contributed by atoms with E-state index in [-0.39, 0.29) is 10.6 Å². The molecule has 0 bridgehead atoms. The summed E-state index contributed by atoms with van der Waals surface area (Å²) in [5, 5.41) is 0. The van der Waals surface area contributed by atoms with E-state index >= 15 is 0 Å². The van der Waals surface area contributed by atoms with Crippen LogP contribution in [0.2, 0.25) is 0 Å². The molecule has 0 unspecified atom stereocenters. The average Bonchev–Trinajstić information content (AvgIpc) is 2.41. The van der Waals surface area contributed by atoms with Crippen LogP contribution >= 0.6 is 0 Å². The van der Waals surface area contributed by atoms with Gasteiger partial charge in [-0.3, -0.25) is 4.98 Å². The lowest BCUT2D eigenvalue weighted by molar-refractivity contribution is 0.466. The minimum absolute atomic E-state index is 0.0380. The van der Waals surface area contributed by atoms with Crippen molar-refractivity contribution in [3.05, 3.63) is 53.9 Å². The Bertz CT molecular complexity index is 714. The Labute approximate surface area is 119 Å². The van der Waals surface area contributed by atoms with Gasteiger partial charge >= 0.3 is 0 Å². The summed E-state index contributed by atoms with van der Waals surface area (Å²) in [5.41, 5.74) is 7.94. The van der Waals surface area contributed by atoms with E-state index in [0.717, 1.165) is 11.1 Å². The van der Waals surface area contributed by atoms with E-state index in [1.54, 1.807) is 0 Å². The minimum atomic E-state index is -3.64. The molecule has 1 aromatic heterocycles. The normalized spacial score (nSPS) is 11.8. The first kappa shape index (κ1) is 14.5. The number of rotatable bonds is 4. The van der Waals surface area contributed by atoms with E-state index in [4.69, 9.17) is 5.73 Å². The SMILES string of the molecule is Cc1ccccc1CN(C)S(=O)(=O)c1cnccc1N. The van der Waals surface area contributed by atoms with Crippen molar-refractivity contribution in [1.29, 1.82) is 0 Å². The number of sulfonamides is 1. The summed E-state index contributed by atoms with van der Waals surface area (Å²) in [6.45, 7) is 2.25. The number of anilines is 1. The fraction of sp³-hybridized carbons (Fsp3) is 0.214. The molecule has 0 spiro atoms. The summed E-state index contributed by atoms with van der Waals surface area (Å²) in [6.07, 6.45) is 2.74. The fourth-order valence-corrected chi connectivity index (χ4v) is 3.09. The highest BCUT2D eigenvalue weighted by molar-refractivity contribution is 7.89. The van der Waals surface area contributed by atoms with E-state index in [2.05, 4.69) is 4.98 Å². The number of pyridine rings is 1. The molecule has 0 aliphatic rings. The molecule has 1 aromatic carbocycles. The van der Waals surface area contributed by atoms with Crippen molar-refractivity contribution in [2.24, 2.45) is 0 Å². The van der Waals surface area contributed by atoms with Gasteiger partial charge in [0, 0.05) is 26.0 Å². The Morgan fingerprint density at radius 2 is 1.95 bits per heavy atom. The van der Waals surface area contributed by atoms with Crippen molar-refractivity contribution >= 4 is 15.7 Å². The molecule has 0 fully saturated rings. The van der Waals surface area contributed by atoms with Gasteiger partial charge in [-0.2, -0.15) is 4.31 Å². The van der Waals surface area contributed by atoms with Gasteiger partial charge in [-0.1, -0.05) is 24.3 Å². The van der Waals surface area contributed by atoms with Crippen molar-refractivity contribution in [2.45, 2.75) is 18.4 Å². The van der Waals surface area contributed by atoms with Crippen molar-refractivity contribution in [3.63, 3.8) is 0 Å². The first-order chi connectivity index (χ1) is 9.43. The highest BCUT2D eigenvalue weighted by atomic mass is 32.2. The number of nitrogens with zero attached hydrogens (tertiary/aromatic N) is 2. The fourth-order valence-electron chi connectivity index (χ4n) is 1.89. The van der Waals surface area contributed by atoms with Gasteiger partial charge in [-0.25, -0.2) is 8.42 Å². The molecule has 6 heteroatoms. The molecule has 0 saturated carbocycles. The number of nitrogens with two attached hydrogens (primary N) is 1. The maximum atomic E-state index is 12.5. The van der Waals surface area contributed by atoms with Gasteiger partial charge in [0.1, 0.15) is 4.90 Å². The van der Waals surface area contributed by atoms with Crippen LogP contribution < -0.4 is 5.73 Å². The second-order valence-corrected chi connectivity index (χ2v) is 6.61. The number of hydrogen-bond acceptors (Lipinski definition) is 4. The maximum Gasteiger partial charge on any atom is 0.246 e. The van der Waals surface area contributed by atoms with Gasteiger partial charge in [0.25, 0.3) is 0 Å². The highest BCUT2D eigenvalue weighted by Gasteiger charge is 2.23. The van der Waals surface area contributed by atoms with Crippen LogP contribution in [0, 0.1) is 6.92 Å². The Morgan fingerprint density at radius 3 is 2.60 bits per heavy atom. The summed E-state index contributed by atoms with van der Waals surface area (Å²) in [7, 11) is -2.10. The molecule has 0 amide bonds. The lowest BCUT2D eigenvalue weighted by Gasteiger charge is -2.19. The third-order valence-electron chi connectivity index (χ3n) is 3.16. The molecule has 2 aromatic rings. The Kier molecular flexibility index (Phi) is 4.06. The molecule has 0 saturated heterocycles. The third kappa shape index (κ3) is 2.81. The van der Waals surface area contributed by atoms with Crippen molar-refractivity contribution < 1.29 is 8.42 Å². The number of benzene rings is 1. The summed E-state index contributed by atoms with van der Waals surface area (Å²) < 4.78 is 26.2. The zero-order valence-electron chi connectivity index (χ0n) is 11.4. The van der Waals surface area contributed by atoms with Crippen LogP contribution in [0.5, 0.6) is 0 Å². The van der Waals surface area contributed by atoms with Gasteiger partial charge in [-0.15, -0.1) is 0 Å². The van der Waals surface area contributed by atoms with Crippen LogP contribution in [0.15, 0.2) is 47.6 Å². The van der Waals surface area contributed by atoms with E-state index in [9.17, 15) is 8.42 Å². The molecule has 1 heterocycles. The lowest BCUT2D eigenvalue weighted by Crippen LogP contribution is -2.27. The van der Waals surface area contributed by atoms with Crippen LogP contribution in [0.25, 0.3) is 0 Å². The molecule has 106 valence electrons. The topological polar surface area (TPSA) is 76.3 Å². The van der Waals surface area contributed by atoms with Crippen LogP contribution in [-0.2, 0) is 16.6 Å². The Hall–Kier alpha value is -1.92. The van der Waals surface area contributed by atoms with Crippen molar-refractivity contribution in [1.82, 2.24) is 9.29 Å². The first-order valence-electron chi connectivity index (χ1n) is 6.13. The standard InChI is InChI=1S/C14H17N3O2S/c1-11-5-3-4-6-12(11)10-17(2)20(18,19)14-9-16-8-7-13(14)15/h3-9H,10H2,1-2H3,(H2,15,16). The van der Waals surface area contributed by atoms with Gasteiger partial charge in [0.05, 0.1) is 5.69 Å². The monoisotopic (exact) mass is 291 g/mol. The van der Waals surface area contributed by atoms with Gasteiger partial charge in [-0.05, 0) is 24.1 Å². The molecule has 5 nitrogen and oxygen atoms in total. The molecule has 20 heavy (non-hydrogen) atoms. The molecule has 2 rings (SSSR count). The summed E-state index contributed by atoms with van der Waals surface area (Å²) in [5.74, 6) is 0. The van der Waals surface area contributed by atoms with E-state index in [1.807, 2.05) is 31.2 Å². The van der Waals surface area contributed by atoms with Gasteiger partial charge in [0.2, 0.25) is 10.0 Å². The van der Waals surface area contributed by atoms with E-state index in [0.29, 0.717) is 6.54 Å². The molecule has 0 aliphatic heterocycles. The second-order valence-electron chi connectivity index (χ2n) is 4.60. The molecular formula is C14H17N3O2S. The minimum Gasteiger partial charge on any atom is -0.398 e. The Morgan fingerprint density at radius 1 is 1.25 bits per heavy atom. The molecule has 0 radical (unpaired) electrons. The van der Waals surface area contributed by atoms with Crippen molar-refractivity contribution in [3.8, 4) is 0 Å². The molecule has 0 atom stereocenters. The predicted octanol–water partition coefficient (Wildman–Crippen LogP) is 1.79. The maximum absolute atomic E-state index is 12.5. The van der Waals surface area contributed by atoms with Crippen LogP contribution in [0.4, 0.5) is 5.69 Å². The molecular weight excluding hydrogens is 274 g/mol. The highest BCUT2D eigenvalue weighted by Crippen LogP contribution is 2.22. The second kappa shape index (κ2) is 5.60. The quantitative estimate of drug-likeness (QED) is 0.931. The summed E-state index contributed by atoms with van der Waals surface area (Å²) >= 11 is 0. The van der Waals surface area contributed by atoms with E-state index < -0.39 is 10.0 Å². The van der Waals surface area contributed by atoms with Gasteiger partial charge < -0.3 is 5.73 Å². The zero-order valence-corrected chi connectivity index (χ0v) is 12.3. The van der Waals surface area contributed by atoms with Crippen LogP contribution in [0.3, 0.4) is 0 Å². The number of hydrogen-bond donors (Lipinski definition) is 1. The number of aromatic nitrogens is 1. The number of nitrogen functional groups attached to an aromatic ring is 1.